The van der Waals surface area contributed by atoms with Gasteiger partial charge in [-0.05, 0) is 122 Å². The number of likely N-dealkylation sites (N-methyl/N-ethyl adjacent to an activating group) is 1. The summed E-state index contributed by atoms with van der Waals surface area (Å²) in [7, 11) is 1.15. The lowest BCUT2D eigenvalue weighted by Crippen LogP contribution is -2.47. The summed E-state index contributed by atoms with van der Waals surface area (Å²) in [5.41, 5.74) is 0. The van der Waals surface area contributed by atoms with Crippen molar-refractivity contribution in [1.29, 1.82) is 0 Å². The van der Waals surface area contributed by atoms with E-state index in [0.717, 1.165) is 128 Å². The molecule has 0 rings (SSSR count). The van der Waals surface area contributed by atoms with E-state index in [4.69, 9.17) is 13.8 Å². The molecule has 0 aliphatic heterocycles. The average molecular weight is 1160 g/mol. The molecular formula is C72H125N2O7P. The van der Waals surface area contributed by atoms with E-state index in [1.54, 1.807) is 0 Å². The maximum Gasteiger partial charge on any atom is 0.306 e. The average Bonchev–Trinajstić information content (AvgIpc) is 3.47. The number of allylic oxidation sites excluding steroid dienone is 19. The maximum absolute atomic E-state index is 13.6. The van der Waals surface area contributed by atoms with Crippen LogP contribution in [0.5, 0.6) is 0 Å². The molecule has 1 amide bonds. The van der Waals surface area contributed by atoms with Gasteiger partial charge in [0, 0.05) is 12.8 Å². The third-order valence-electron chi connectivity index (χ3n) is 14.1. The fourth-order valence-corrected chi connectivity index (χ4v) is 9.73. The van der Waals surface area contributed by atoms with Crippen LogP contribution in [0.4, 0.5) is 0 Å². The van der Waals surface area contributed by atoms with Crippen LogP contribution in [-0.4, -0.2) is 69.4 Å². The van der Waals surface area contributed by atoms with Crippen molar-refractivity contribution in [2.24, 2.45) is 0 Å². The van der Waals surface area contributed by atoms with E-state index in [0.29, 0.717) is 23.9 Å². The van der Waals surface area contributed by atoms with Gasteiger partial charge in [0.05, 0.1) is 33.8 Å². The van der Waals surface area contributed by atoms with Gasteiger partial charge in [-0.15, -0.1) is 0 Å². The number of hydrogen-bond acceptors (Lipinski definition) is 7. The quantitative estimate of drug-likeness (QED) is 0.0212. The van der Waals surface area contributed by atoms with Crippen LogP contribution in [0, 0.1) is 0 Å². The van der Waals surface area contributed by atoms with Gasteiger partial charge in [0.15, 0.2) is 0 Å². The van der Waals surface area contributed by atoms with E-state index in [1.807, 2.05) is 33.3 Å². The number of hydrogen-bond donors (Lipinski definition) is 1. The molecule has 1 N–H and O–H groups in total. The van der Waals surface area contributed by atoms with Gasteiger partial charge in [0.2, 0.25) is 5.91 Å². The molecule has 0 saturated heterocycles. The molecule has 0 bridgehead atoms. The highest BCUT2D eigenvalue weighted by atomic mass is 31.2. The number of quaternary nitrogens is 1. The van der Waals surface area contributed by atoms with Crippen LogP contribution < -0.4 is 10.2 Å². The summed E-state index contributed by atoms with van der Waals surface area (Å²) in [6.07, 6.45) is 84.5. The van der Waals surface area contributed by atoms with E-state index in [1.165, 1.54) is 103 Å². The first-order valence-corrected chi connectivity index (χ1v) is 34.8. The zero-order valence-electron chi connectivity index (χ0n) is 53.7. The van der Waals surface area contributed by atoms with Gasteiger partial charge < -0.3 is 28.5 Å². The number of phosphoric ester groups is 1. The summed E-state index contributed by atoms with van der Waals surface area (Å²) in [4.78, 5) is 40.1. The summed E-state index contributed by atoms with van der Waals surface area (Å²) in [5.74, 6) is -0.581. The lowest BCUT2D eigenvalue weighted by atomic mass is 10.0. The van der Waals surface area contributed by atoms with Crippen molar-refractivity contribution in [2.75, 3.05) is 40.9 Å². The second kappa shape index (κ2) is 60.5. The van der Waals surface area contributed by atoms with E-state index in [2.05, 4.69) is 135 Å². The number of rotatable bonds is 59. The highest BCUT2D eigenvalue weighted by molar-refractivity contribution is 7.45. The zero-order valence-corrected chi connectivity index (χ0v) is 54.5. The van der Waals surface area contributed by atoms with Crippen molar-refractivity contribution >= 4 is 19.7 Å². The van der Waals surface area contributed by atoms with E-state index >= 15 is 0 Å². The number of nitrogens with zero attached hydrogens (tertiary/aromatic N) is 1. The highest BCUT2D eigenvalue weighted by Gasteiger charge is 2.27. The highest BCUT2D eigenvalue weighted by Crippen LogP contribution is 2.38. The molecule has 0 aromatic carbocycles. The summed E-state index contributed by atoms with van der Waals surface area (Å²) in [6, 6.07) is -0.911. The fourth-order valence-electron chi connectivity index (χ4n) is 9.00. The van der Waals surface area contributed by atoms with Gasteiger partial charge >= 0.3 is 5.97 Å². The molecule has 0 fully saturated rings. The number of carbonyl (C=O) groups excluding carboxylic acids is 2. The number of nitrogens with one attached hydrogen (secondary N) is 1. The van der Waals surface area contributed by atoms with Gasteiger partial charge in [-0.1, -0.05) is 258 Å². The third kappa shape index (κ3) is 61.0. The molecule has 0 aromatic rings. The Labute approximate surface area is 505 Å². The predicted octanol–water partition coefficient (Wildman–Crippen LogP) is 20.4. The van der Waals surface area contributed by atoms with Crippen molar-refractivity contribution in [2.45, 2.75) is 283 Å². The molecule has 0 aromatic heterocycles. The third-order valence-corrected chi connectivity index (χ3v) is 15.1. The van der Waals surface area contributed by atoms with E-state index < -0.39 is 26.6 Å². The minimum Gasteiger partial charge on any atom is -0.756 e. The van der Waals surface area contributed by atoms with Crippen molar-refractivity contribution in [3.63, 3.8) is 0 Å². The molecule has 0 spiro atoms. The fraction of sp³-hybridized carbons (Fsp3) is 0.694. The normalized spacial score (nSPS) is 14.4. The number of ether oxygens (including phenoxy) is 1. The molecular weight excluding hydrogens is 1040 g/mol. The molecule has 82 heavy (non-hydrogen) atoms. The number of carbonyl (C=O) groups is 2. The monoisotopic (exact) mass is 1160 g/mol. The summed E-state index contributed by atoms with van der Waals surface area (Å²) in [5, 5.41) is 3.02. The van der Waals surface area contributed by atoms with Gasteiger partial charge in [0.25, 0.3) is 7.82 Å². The Hall–Kier alpha value is -3.59. The Morgan fingerprint density at radius 2 is 0.780 bits per heavy atom. The number of unbranched alkanes of at least 4 members (excludes halogenated alkanes) is 25. The molecule has 10 heteroatoms. The Morgan fingerprint density at radius 3 is 1.20 bits per heavy atom. The van der Waals surface area contributed by atoms with Crippen LogP contribution in [0.3, 0.4) is 0 Å². The van der Waals surface area contributed by atoms with Crippen LogP contribution in [0.1, 0.15) is 271 Å². The SMILES string of the molecule is CC/C=C\C/C=C\C/C=C\C/C=C\C/C=C\C/C=C\CCCCCCCCCCC(=O)NC(COP(=O)([O-])OCC[N+](C)(C)C)C(/C=C\CCCCCCCCCCCC)OC(=O)CCCCCC/C=C\C/C=C\C/C=C\CCCCC. The summed E-state index contributed by atoms with van der Waals surface area (Å²) >= 11 is 0. The van der Waals surface area contributed by atoms with Crippen molar-refractivity contribution in [3.05, 3.63) is 122 Å². The molecule has 0 saturated carbocycles. The van der Waals surface area contributed by atoms with Crippen molar-refractivity contribution in [3.8, 4) is 0 Å². The van der Waals surface area contributed by atoms with Gasteiger partial charge in [0.1, 0.15) is 19.3 Å². The van der Waals surface area contributed by atoms with Crippen LogP contribution in [0.15, 0.2) is 122 Å². The largest absolute Gasteiger partial charge is 0.756 e. The minimum atomic E-state index is -4.72. The summed E-state index contributed by atoms with van der Waals surface area (Å²) in [6.45, 7) is 6.67. The van der Waals surface area contributed by atoms with Gasteiger partial charge in [-0.3, -0.25) is 14.2 Å². The molecule has 0 heterocycles. The standard InChI is InChI=1S/C72H125N2O7P/c1-7-10-13-16-19-22-25-28-30-32-33-34-35-36-37-38-39-40-41-43-44-46-49-52-55-58-61-64-71(75)73-69(68-80-82(77,78)79-67-66-74(4,5)6)70(63-60-57-54-51-48-27-24-21-18-15-12-9-3)81-72(76)65-62-59-56-53-50-47-45-42-31-29-26-23-20-17-14-11-8-2/h10,13,19-20,22-23,28-31,33-34,36-37,39-40,45,47,60,63,69-70H,7-9,11-12,14-18,21,24-27,32,35,38,41-44,46,48-59,61-62,64-68H2,1-6H3,(H-,73,75,77,78)/b13-10-,22-19-,23-20-,30-28-,31-29-,34-33-,37-36-,40-39-,47-45-,63-60-. The van der Waals surface area contributed by atoms with Crippen molar-refractivity contribution in [1.82, 2.24) is 5.32 Å². The maximum atomic E-state index is 13.6. The van der Waals surface area contributed by atoms with Gasteiger partial charge in [-0.2, -0.15) is 0 Å². The minimum absolute atomic E-state index is 0.0339. The molecule has 3 atom stereocenters. The lowest BCUT2D eigenvalue weighted by Gasteiger charge is -2.30. The Kier molecular flexibility index (Phi) is 57.9. The topological polar surface area (TPSA) is 114 Å². The van der Waals surface area contributed by atoms with Crippen LogP contribution in [0.25, 0.3) is 0 Å². The van der Waals surface area contributed by atoms with E-state index in [-0.39, 0.29) is 24.9 Å². The first kappa shape index (κ1) is 78.4. The molecule has 0 aliphatic carbocycles. The molecule has 0 radical (unpaired) electrons. The lowest BCUT2D eigenvalue weighted by molar-refractivity contribution is -0.870. The van der Waals surface area contributed by atoms with Crippen LogP contribution in [0.2, 0.25) is 0 Å². The first-order valence-electron chi connectivity index (χ1n) is 33.3. The van der Waals surface area contributed by atoms with E-state index in [9.17, 15) is 19.0 Å². The number of phosphoric acid groups is 1. The molecule has 470 valence electrons. The first-order chi connectivity index (χ1) is 39.9. The molecule has 3 unspecified atom stereocenters. The molecule has 0 aliphatic rings. The zero-order chi connectivity index (χ0) is 60.0. The molecule has 9 nitrogen and oxygen atoms in total. The van der Waals surface area contributed by atoms with Crippen molar-refractivity contribution < 1.29 is 37.3 Å². The Morgan fingerprint density at radius 1 is 0.439 bits per heavy atom. The van der Waals surface area contributed by atoms with Gasteiger partial charge in [-0.25, -0.2) is 0 Å². The number of amides is 1. The Bertz CT molecular complexity index is 1820. The predicted molar refractivity (Wildman–Crippen MR) is 353 cm³/mol. The Balaban J connectivity index is 5.18. The van der Waals surface area contributed by atoms with Crippen LogP contribution >= 0.6 is 7.82 Å². The summed E-state index contributed by atoms with van der Waals surface area (Å²) < 4.78 is 30.3. The van der Waals surface area contributed by atoms with Crippen LogP contribution in [-0.2, 0) is 27.9 Å². The number of esters is 1. The second-order valence-electron chi connectivity index (χ2n) is 23.2. The second-order valence-corrected chi connectivity index (χ2v) is 24.6. The smallest absolute Gasteiger partial charge is 0.306 e.